The van der Waals surface area contributed by atoms with Gasteiger partial charge in [0.05, 0.1) is 11.0 Å². The third-order valence-corrected chi connectivity index (χ3v) is 3.17. The summed E-state index contributed by atoms with van der Waals surface area (Å²) in [6, 6.07) is -3.25. The molecule has 0 unspecified atom stereocenters. The molecule has 1 amide bonds. The summed E-state index contributed by atoms with van der Waals surface area (Å²) in [5.74, 6) is -3.91. The summed E-state index contributed by atoms with van der Waals surface area (Å²) in [7, 11) is 0. The van der Waals surface area contributed by atoms with Gasteiger partial charge in [-0.25, -0.2) is 9.59 Å². The van der Waals surface area contributed by atoms with E-state index >= 15 is 0 Å². The van der Waals surface area contributed by atoms with Crippen molar-refractivity contribution in [3.05, 3.63) is 29.7 Å². The number of carbonyl (C=O) groups excluding carboxylic acids is 2. The lowest BCUT2D eigenvalue weighted by Crippen LogP contribution is -2.60. The van der Waals surface area contributed by atoms with Crippen LogP contribution in [-0.2, 0) is 19.1 Å². The fourth-order valence-electron chi connectivity index (χ4n) is 1.97. The Bertz CT molecular complexity index is 836. The number of esters is 1. The molecule has 1 aromatic carbocycles. The number of aliphatic hydroxyl groups excluding tert-OH is 3. The third kappa shape index (κ3) is 4.31. The first-order valence-corrected chi connectivity index (χ1v) is 6.89. The minimum absolute atomic E-state index is 0.470. The number of hydrogen-bond donors (Lipinski definition) is 5. The van der Waals surface area contributed by atoms with Crippen molar-refractivity contribution in [2.24, 2.45) is 0 Å². The highest BCUT2D eigenvalue weighted by Gasteiger charge is 2.48. The van der Waals surface area contributed by atoms with Gasteiger partial charge in [0, 0.05) is 12.6 Å². The van der Waals surface area contributed by atoms with Gasteiger partial charge in [-0.15, -0.1) is 0 Å². The molecule has 1 aromatic rings. The van der Waals surface area contributed by atoms with Crippen LogP contribution < -0.4 is 5.32 Å². The molecule has 1 aliphatic heterocycles. The first kappa shape index (κ1) is 13.7. The lowest BCUT2D eigenvalue weighted by molar-refractivity contribution is -0.278. The second-order valence-corrected chi connectivity index (χ2v) is 5.07. The van der Waals surface area contributed by atoms with Crippen LogP contribution in [0.3, 0.4) is 0 Å². The highest BCUT2D eigenvalue weighted by molar-refractivity contribution is 5.92. The zero-order valence-corrected chi connectivity index (χ0v) is 12.7. The number of carboxylic acid groups (broad SMARTS) is 1. The van der Waals surface area contributed by atoms with Crippen LogP contribution in [0.2, 0.25) is 0 Å². The first-order chi connectivity index (χ1) is 13.4. The number of rotatable bonds is 4. The monoisotopic (exact) mass is 359 g/mol. The second-order valence-electron chi connectivity index (χ2n) is 5.07. The minimum atomic E-state index is -2.08. The van der Waals surface area contributed by atoms with Crippen molar-refractivity contribution in [1.29, 1.82) is 0 Å². The quantitative estimate of drug-likeness (QED) is 0.411. The maximum absolute atomic E-state index is 12.4. The van der Waals surface area contributed by atoms with Gasteiger partial charge in [-0.2, -0.15) is 0 Å². The molecule has 25 heavy (non-hydrogen) atoms. The molecule has 1 aliphatic rings. The predicted molar refractivity (Wildman–Crippen MR) is 80.5 cm³/mol. The van der Waals surface area contributed by atoms with Crippen LogP contribution in [0.5, 0.6) is 0 Å². The van der Waals surface area contributed by atoms with Crippen LogP contribution in [0.15, 0.2) is 24.2 Å². The number of anilines is 1. The summed E-state index contributed by atoms with van der Waals surface area (Å²) in [5.41, 5.74) is -1.35. The highest BCUT2D eigenvalue weighted by Crippen LogP contribution is 2.23. The first-order valence-electron chi connectivity index (χ1n) is 8.89. The summed E-state index contributed by atoms with van der Waals surface area (Å²) in [6.07, 6.45) is -10.3. The molecule has 136 valence electrons. The molecule has 10 heteroatoms. The van der Waals surface area contributed by atoms with Crippen LogP contribution in [0.1, 0.15) is 22.8 Å². The van der Waals surface area contributed by atoms with E-state index in [0.717, 1.165) is 6.92 Å². The number of ether oxygens (including phenoxy) is 2. The van der Waals surface area contributed by atoms with Gasteiger partial charge >= 0.3 is 11.9 Å². The van der Waals surface area contributed by atoms with E-state index in [1.54, 1.807) is 0 Å². The van der Waals surface area contributed by atoms with Gasteiger partial charge in [0.2, 0.25) is 12.2 Å². The Balaban J connectivity index is 2.38. The lowest BCUT2D eigenvalue weighted by atomic mass is 9.99. The largest absolute Gasteiger partial charge is 0.479 e. The number of aliphatic hydroxyl groups is 3. The maximum Gasteiger partial charge on any atom is 0.340 e. The summed E-state index contributed by atoms with van der Waals surface area (Å²) in [4.78, 5) is 34.7. The smallest absolute Gasteiger partial charge is 0.340 e. The van der Waals surface area contributed by atoms with Gasteiger partial charge < -0.3 is 35.2 Å². The normalized spacial score (nSPS) is 31.1. The Hall–Kier alpha value is -2.53. The van der Waals surface area contributed by atoms with Crippen molar-refractivity contribution >= 4 is 23.5 Å². The maximum atomic E-state index is 12.4. The number of carboxylic acids is 1. The topological polar surface area (TPSA) is 163 Å². The van der Waals surface area contributed by atoms with Crippen molar-refractivity contribution in [1.82, 2.24) is 0 Å². The molecule has 2 rings (SSSR count). The van der Waals surface area contributed by atoms with Gasteiger partial charge in [0.1, 0.15) is 18.3 Å². The van der Waals surface area contributed by atoms with Gasteiger partial charge in [0.15, 0.2) is 6.10 Å². The molecule has 10 nitrogen and oxygen atoms in total. The molecular weight excluding hydrogens is 338 g/mol. The van der Waals surface area contributed by atoms with Crippen LogP contribution in [0.25, 0.3) is 0 Å². The molecule has 1 heterocycles. The van der Waals surface area contributed by atoms with E-state index in [1.807, 2.05) is 0 Å². The summed E-state index contributed by atoms with van der Waals surface area (Å²) in [6.45, 7) is 1.08. The lowest BCUT2D eigenvalue weighted by Gasteiger charge is -2.37. The van der Waals surface area contributed by atoms with Crippen molar-refractivity contribution in [2.45, 2.75) is 37.6 Å². The predicted octanol–water partition coefficient (Wildman–Crippen LogP) is -1.31. The molecule has 5 N–H and O–H groups in total. The standard InChI is InChI=1S/C15H17NO9/c1-6(17)16-8-4-2-7(3-5-8)14(23)25-15-11(20)9(18)10(19)12(24-15)13(21)22/h2-5,9-12,15,18-20H,1H3,(H,16,17)(H,21,22)/t9-,10-,11+,12-,15-/m0/s1/i2D,3D,4D,5D. The van der Waals surface area contributed by atoms with Crippen LogP contribution in [0.4, 0.5) is 5.69 Å². The average molecular weight is 359 g/mol. The molecule has 0 saturated carbocycles. The highest BCUT2D eigenvalue weighted by atomic mass is 16.7. The van der Waals surface area contributed by atoms with Gasteiger partial charge in [0.25, 0.3) is 0 Å². The zero-order chi connectivity index (χ0) is 22.2. The molecule has 0 aromatic heterocycles. The Morgan fingerprint density at radius 2 is 1.72 bits per heavy atom. The number of nitrogens with one attached hydrogen (secondary N) is 1. The van der Waals surface area contributed by atoms with E-state index in [-0.39, 0.29) is 0 Å². The minimum Gasteiger partial charge on any atom is -0.479 e. The van der Waals surface area contributed by atoms with Crippen LogP contribution in [0, 0.1) is 0 Å². The summed E-state index contributed by atoms with van der Waals surface area (Å²) < 4.78 is 40.9. The zero-order valence-electron chi connectivity index (χ0n) is 16.7. The van der Waals surface area contributed by atoms with Crippen molar-refractivity contribution < 1.29 is 49.8 Å². The molecule has 1 fully saturated rings. The van der Waals surface area contributed by atoms with Crippen molar-refractivity contribution in [3.8, 4) is 0 Å². The third-order valence-electron chi connectivity index (χ3n) is 3.17. The average Bonchev–Trinajstić information content (AvgIpc) is 2.63. The van der Waals surface area contributed by atoms with Crippen LogP contribution >= 0.6 is 0 Å². The van der Waals surface area contributed by atoms with E-state index in [9.17, 15) is 29.7 Å². The Morgan fingerprint density at radius 1 is 1.12 bits per heavy atom. The van der Waals surface area contributed by atoms with E-state index in [4.69, 9.17) is 20.1 Å². The molecule has 0 spiro atoms. The van der Waals surface area contributed by atoms with Gasteiger partial charge in [-0.3, -0.25) is 4.79 Å². The fraction of sp³-hybridized carbons (Fsp3) is 0.400. The number of carbonyl (C=O) groups is 3. The molecule has 0 radical (unpaired) electrons. The van der Waals surface area contributed by atoms with Gasteiger partial charge in [-0.05, 0) is 24.2 Å². The number of benzene rings is 1. The summed E-state index contributed by atoms with van der Waals surface area (Å²) >= 11 is 0. The molecule has 1 saturated heterocycles. The van der Waals surface area contributed by atoms with E-state index < -0.39 is 84.0 Å². The van der Waals surface area contributed by atoms with Crippen LogP contribution in [-0.4, -0.2) is 69.0 Å². The van der Waals surface area contributed by atoms with E-state index in [2.05, 4.69) is 5.32 Å². The molecular formula is C15H17NO9. The Morgan fingerprint density at radius 3 is 2.24 bits per heavy atom. The van der Waals surface area contributed by atoms with E-state index in [1.165, 1.54) is 0 Å². The van der Waals surface area contributed by atoms with Crippen molar-refractivity contribution in [2.75, 3.05) is 5.32 Å². The van der Waals surface area contributed by atoms with Crippen molar-refractivity contribution in [3.63, 3.8) is 0 Å². The fourth-order valence-corrected chi connectivity index (χ4v) is 1.97. The SMILES string of the molecule is [2H]c1c([2H])c(C(=O)O[C@@H]2O[C@H](C(=O)O)[C@@H](O)[C@H](O)[C@H]2O)c([2H])c([2H])c1NC(C)=O. The molecule has 0 aliphatic carbocycles. The van der Waals surface area contributed by atoms with Gasteiger partial charge in [-0.1, -0.05) is 0 Å². The van der Waals surface area contributed by atoms with E-state index in [0.29, 0.717) is 0 Å². The number of hydrogen-bond acceptors (Lipinski definition) is 8. The second kappa shape index (κ2) is 7.57. The summed E-state index contributed by atoms with van der Waals surface area (Å²) in [5, 5.41) is 40.3. The Kier molecular flexibility index (Phi) is 4.16. The molecule has 5 atom stereocenters. The number of amides is 1. The molecule has 0 bridgehead atoms. The Labute approximate surface area is 147 Å². The number of aliphatic carboxylic acids is 1.